The van der Waals surface area contributed by atoms with Crippen molar-refractivity contribution >= 4 is 22.5 Å². The third-order valence-corrected chi connectivity index (χ3v) is 5.50. The number of piperidine rings is 1. The van der Waals surface area contributed by atoms with E-state index in [-0.39, 0.29) is 5.91 Å². The Morgan fingerprint density at radius 1 is 1.22 bits per heavy atom. The number of amides is 1. The van der Waals surface area contributed by atoms with Crippen LogP contribution in [0.2, 0.25) is 0 Å². The molecule has 2 saturated heterocycles. The van der Waals surface area contributed by atoms with E-state index < -0.39 is 0 Å². The van der Waals surface area contributed by atoms with Crippen molar-refractivity contribution in [1.29, 1.82) is 0 Å². The molecule has 0 spiro atoms. The van der Waals surface area contributed by atoms with Gasteiger partial charge in [-0.2, -0.15) is 0 Å². The van der Waals surface area contributed by atoms with Crippen LogP contribution in [-0.4, -0.2) is 66.1 Å². The van der Waals surface area contributed by atoms with Crippen LogP contribution < -0.4 is 5.32 Å². The molecule has 6 nitrogen and oxygen atoms in total. The fourth-order valence-corrected chi connectivity index (χ4v) is 4.18. The van der Waals surface area contributed by atoms with Gasteiger partial charge in [-0.3, -0.25) is 19.6 Å². The van der Waals surface area contributed by atoms with Gasteiger partial charge in [0.05, 0.1) is 24.4 Å². The van der Waals surface area contributed by atoms with Crippen molar-refractivity contribution in [3.63, 3.8) is 0 Å². The number of nitrogens with one attached hydrogen (secondary N) is 1. The van der Waals surface area contributed by atoms with Gasteiger partial charge >= 0.3 is 0 Å². The molecule has 4 rings (SSSR count). The topological polar surface area (TPSA) is 57.7 Å². The Morgan fingerprint density at radius 3 is 2.89 bits per heavy atom. The number of carbonyl (C=O) groups excluding carboxylic acids is 1. The lowest BCUT2D eigenvalue weighted by Gasteiger charge is -2.40. The molecule has 1 aromatic carbocycles. The zero-order chi connectivity index (χ0) is 18.6. The number of anilines is 1. The van der Waals surface area contributed by atoms with Crippen LogP contribution in [0.5, 0.6) is 0 Å². The van der Waals surface area contributed by atoms with E-state index in [4.69, 9.17) is 9.72 Å². The Hall–Kier alpha value is -2.02. The summed E-state index contributed by atoms with van der Waals surface area (Å²) in [6.07, 6.45) is 2.53. The van der Waals surface area contributed by atoms with Crippen LogP contribution in [0.15, 0.2) is 30.3 Å². The second-order valence-corrected chi connectivity index (χ2v) is 7.57. The van der Waals surface area contributed by atoms with Crippen molar-refractivity contribution in [2.24, 2.45) is 0 Å². The van der Waals surface area contributed by atoms with Crippen LogP contribution in [0, 0.1) is 0 Å². The highest BCUT2D eigenvalue weighted by molar-refractivity contribution is 5.92. The zero-order valence-corrected chi connectivity index (χ0v) is 16.0. The van der Waals surface area contributed by atoms with Crippen molar-refractivity contribution in [3.05, 3.63) is 36.0 Å². The van der Waals surface area contributed by atoms with Gasteiger partial charge in [0.2, 0.25) is 5.91 Å². The quantitative estimate of drug-likeness (QED) is 0.899. The number of carbonyl (C=O) groups is 1. The number of morpholine rings is 1. The summed E-state index contributed by atoms with van der Waals surface area (Å²) in [6, 6.07) is 10.7. The zero-order valence-electron chi connectivity index (χ0n) is 16.0. The molecule has 2 aromatic rings. The maximum Gasteiger partial charge on any atom is 0.221 e. The molecular formula is C21H28N4O2. The first-order valence-corrected chi connectivity index (χ1v) is 9.89. The first-order chi connectivity index (χ1) is 13.2. The number of hydrogen-bond donors (Lipinski definition) is 1. The monoisotopic (exact) mass is 368 g/mol. The van der Waals surface area contributed by atoms with Crippen molar-refractivity contribution in [1.82, 2.24) is 14.8 Å². The Kier molecular flexibility index (Phi) is 5.66. The first-order valence-electron chi connectivity index (χ1n) is 9.89. The van der Waals surface area contributed by atoms with E-state index in [0.29, 0.717) is 6.04 Å². The molecule has 6 heteroatoms. The smallest absolute Gasteiger partial charge is 0.221 e. The second-order valence-electron chi connectivity index (χ2n) is 7.57. The number of fused-ring (bicyclic) bond motifs is 1. The predicted octanol–water partition coefficient (Wildman–Crippen LogP) is 2.49. The molecule has 0 saturated carbocycles. The molecule has 1 unspecified atom stereocenters. The minimum absolute atomic E-state index is 0.0566. The van der Waals surface area contributed by atoms with E-state index in [9.17, 15) is 4.79 Å². The summed E-state index contributed by atoms with van der Waals surface area (Å²) in [5, 5.41) is 3.88. The maximum absolute atomic E-state index is 11.2. The van der Waals surface area contributed by atoms with Gasteiger partial charge in [0.1, 0.15) is 0 Å². The number of rotatable bonds is 4. The highest BCUT2D eigenvalue weighted by Gasteiger charge is 2.26. The minimum Gasteiger partial charge on any atom is -0.379 e. The van der Waals surface area contributed by atoms with E-state index in [1.807, 2.05) is 18.2 Å². The van der Waals surface area contributed by atoms with Gasteiger partial charge in [-0.25, -0.2) is 0 Å². The number of likely N-dealkylation sites (tertiary alicyclic amines) is 1. The SMILES string of the molecule is CC(=O)Nc1ccc2nc(CN3CCCC(N4CCOCC4)C3)ccc2c1. The van der Waals surface area contributed by atoms with Gasteiger partial charge in [0, 0.05) is 50.2 Å². The molecule has 0 aliphatic carbocycles. The molecule has 1 amide bonds. The lowest BCUT2D eigenvalue weighted by molar-refractivity contribution is -0.114. The molecule has 27 heavy (non-hydrogen) atoms. The minimum atomic E-state index is -0.0566. The molecular weight excluding hydrogens is 340 g/mol. The summed E-state index contributed by atoms with van der Waals surface area (Å²) in [5.41, 5.74) is 2.90. The maximum atomic E-state index is 11.2. The van der Waals surface area contributed by atoms with Gasteiger partial charge in [-0.05, 0) is 43.7 Å². The van der Waals surface area contributed by atoms with Gasteiger partial charge < -0.3 is 10.1 Å². The van der Waals surface area contributed by atoms with Crippen molar-refractivity contribution in [2.45, 2.75) is 32.4 Å². The van der Waals surface area contributed by atoms with Crippen LogP contribution in [-0.2, 0) is 16.1 Å². The molecule has 1 atom stereocenters. The summed E-state index contributed by atoms with van der Waals surface area (Å²) in [7, 11) is 0. The van der Waals surface area contributed by atoms with Crippen molar-refractivity contribution < 1.29 is 9.53 Å². The number of nitrogens with zero attached hydrogens (tertiary/aromatic N) is 3. The molecule has 3 heterocycles. The number of pyridine rings is 1. The normalized spacial score (nSPS) is 22.0. The summed E-state index contributed by atoms with van der Waals surface area (Å²) >= 11 is 0. The highest BCUT2D eigenvalue weighted by atomic mass is 16.5. The van der Waals surface area contributed by atoms with Crippen molar-refractivity contribution in [3.8, 4) is 0 Å². The summed E-state index contributed by atoms with van der Waals surface area (Å²) in [4.78, 5) is 21.2. The average molecular weight is 368 g/mol. The van der Waals surface area contributed by atoms with Gasteiger partial charge in [-0.1, -0.05) is 6.07 Å². The lowest BCUT2D eigenvalue weighted by Crippen LogP contribution is -2.51. The van der Waals surface area contributed by atoms with Gasteiger partial charge in [-0.15, -0.1) is 0 Å². The third-order valence-electron chi connectivity index (χ3n) is 5.50. The summed E-state index contributed by atoms with van der Waals surface area (Å²) < 4.78 is 5.50. The fourth-order valence-electron chi connectivity index (χ4n) is 4.18. The molecule has 0 radical (unpaired) electrons. The number of aromatic nitrogens is 1. The number of hydrogen-bond acceptors (Lipinski definition) is 5. The van der Waals surface area contributed by atoms with E-state index in [2.05, 4.69) is 27.2 Å². The first kappa shape index (κ1) is 18.3. The molecule has 2 aliphatic heterocycles. The number of benzene rings is 1. The van der Waals surface area contributed by atoms with E-state index >= 15 is 0 Å². The fraction of sp³-hybridized carbons (Fsp3) is 0.524. The van der Waals surface area contributed by atoms with Gasteiger partial charge in [0.25, 0.3) is 0 Å². The molecule has 0 bridgehead atoms. The Balaban J connectivity index is 1.42. The molecule has 2 aliphatic rings. The van der Waals surface area contributed by atoms with Crippen LogP contribution in [0.1, 0.15) is 25.5 Å². The molecule has 1 aromatic heterocycles. The van der Waals surface area contributed by atoms with E-state index in [0.717, 1.165) is 68.2 Å². The van der Waals surface area contributed by atoms with Crippen LogP contribution >= 0.6 is 0 Å². The van der Waals surface area contributed by atoms with Gasteiger partial charge in [0.15, 0.2) is 0 Å². The van der Waals surface area contributed by atoms with E-state index in [1.54, 1.807) is 0 Å². The Bertz CT molecular complexity index is 804. The van der Waals surface area contributed by atoms with Crippen LogP contribution in [0.25, 0.3) is 10.9 Å². The Labute approximate surface area is 160 Å². The number of ether oxygens (including phenoxy) is 1. The third kappa shape index (κ3) is 4.64. The summed E-state index contributed by atoms with van der Waals surface area (Å²) in [5.74, 6) is -0.0566. The summed E-state index contributed by atoms with van der Waals surface area (Å²) in [6.45, 7) is 8.51. The second kappa shape index (κ2) is 8.33. The van der Waals surface area contributed by atoms with Crippen LogP contribution in [0.4, 0.5) is 5.69 Å². The standard InChI is InChI=1S/C21H28N4O2/c1-16(26)22-18-6-7-21-17(13-18)4-5-19(23-21)14-24-8-2-3-20(15-24)25-9-11-27-12-10-25/h4-7,13,20H,2-3,8-12,14-15H2,1H3,(H,22,26). The Morgan fingerprint density at radius 2 is 2.07 bits per heavy atom. The average Bonchev–Trinajstić information content (AvgIpc) is 2.68. The molecule has 2 fully saturated rings. The molecule has 144 valence electrons. The predicted molar refractivity (Wildman–Crippen MR) is 107 cm³/mol. The van der Waals surface area contributed by atoms with Crippen LogP contribution in [0.3, 0.4) is 0 Å². The highest BCUT2D eigenvalue weighted by Crippen LogP contribution is 2.21. The van der Waals surface area contributed by atoms with Crippen molar-refractivity contribution in [2.75, 3.05) is 44.7 Å². The lowest BCUT2D eigenvalue weighted by atomic mass is 10.0. The molecule has 1 N–H and O–H groups in total. The largest absolute Gasteiger partial charge is 0.379 e. The van der Waals surface area contributed by atoms with E-state index in [1.165, 1.54) is 19.8 Å².